The van der Waals surface area contributed by atoms with Crippen LogP contribution in [0.3, 0.4) is 0 Å². The van der Waals surface area contributed by atoms with Gasteiger partial charge in [0.2, 0.25) is 0 Å². The summed E-state index contributed by atoms with van der Waals surface area (Å²) in [5.74, 6) is 0.154. The Hall–Kier alpha value is -4.45. The van der Waals surface area contributed by atoms with Crippen molar-refractivity contribution in [1.29, 1.82) is 0 Å². The Morgan fingerprint density at radius 3 is 2.46 bits per heavy atom. The molecule has 0 saturated heterocycles. The number of alkyl halides is 3. The van der Waals surface area contributed by atoms with Gasteiger partial charge in [0.1, 0.15) is 12.1 Å². The lowest BCUT2D eigenvalue weighted by Crippen LogP contribution is -2.24. The molecule has 3 aromatic carbocycles. The van der Waals surface area contributed by atoms with E-state index in [-0.39, 0.29) is 5.75 Å². The molecule has 0 fully saturated rings. The molecule has 0 aliphatic rings. The number of aromatic nitrogens is 3. The lowest BCUT2D eigenvalue weighted by molar-refractivity contribution is -0.274. The summed E-state index contributed by atoms with van der Waals surface area (Å²) in [6, 6.07) is 20.6. The van der Waals surface area contributed by atoms with Crippen LogP contribution in [0.4, 0.5) is 24.5 Å². The lowest BCUT2D eigenvalue weighted by Gasteiger charge is -2.14. The zero-order valence-electron chi connectivity index (χ0n) is 19.8. The third-order valence-electron chi connectivity index (χ3n) is 5.00. The molecule has 37 heavy (non-hydrogen) atoms. The van der Waals surface area contributed by atoms with Crippen LogP contribution in [0.2, 0.25) is 0 Å². The van der Waals surface area contributed by atoms with Gasteiger partial charge in [0.15, 0.2) is 10.9 Å². The number of nitrogens with zero attached hydrogens (tertiary/aromatic N) is 5. The maximum Gasteiger partial charge on any atom is 0.573 e. The van der Waals surface area contributed by atoms with Gasteiger partial charge in [-0.25, -0.2) is 9.67 Å². The minimum Gasteiger partial charge on any atom is -0.406 e. The van der Waals surface area contributed by atoms with Gasteiger partial charge in [-0.1, -0.05) is 30.3 Å². The molecule has 4 aromatic rings. The molecule has 0 aliphatic heterocycles. The first kappa shape index (κ1) is 25.6. The van der Waals surface area contributed by atoms with Crippen LogP contribution in [0.15, 0.2) is 84.2 Å². The van der Waals surface area contributed by atoms with Crippen LogP contribution in [-0.4, -0.2) is 46.5 Å². The highest BCUT2D eigenvalue weighted by Crippen LogP contribution is 2.24. The summed E-state index contributed by atoms with van der Waals surface area (Å²) in [5, 5.41) is 12.0. The van der Waals surface area contributed by atoms with Crippen LogP contribution in [-0.2, 0) is 0 Å². The predicted molar refractivity (Wildman–Crippen MR) is 141 cm³/mol. The molecule has 190 valence electrons. The molecule has 0 atom stereocenters. The Balaban J connectivity index is 1.33. The summed E-state index contributed by atoms with van der Waals surface area (Å²) in [5.41, 5.74) is 6.82. The third-order valence-corrected chi connectivity index (χ3v) is 5.19. The van der Waals surface area contributed by atoms with E-state index >= 15 is 0 Å². The van der Waals surface area contributed by atoms with Crippen molar-refractivity contribution in [3.63, 3.8) is 0 Å². The number of nitrogens with one attached hydrogen (secondary N) is 2. The van der Waals surface area contributed by atoms with Crippen molar-refractivity contribution in [1.82, 2.24) is 20.2 Å². The SMILES string of the molecule is CN(C)c1cccc(NC(=S)N/N=C/c2ccc(-c3ncn(-c4ccc(OC(F)(F)F)cc4)n3)cc2)c1. The molecule has 0 spiro atoms. The Morgan fingerprint density at radius 1 is 1.05 bits per heavy atom. The Bertz CT molecular complexity index is 1380. The zero-order chi connectivity index (χ0) is 26.4. The van der Waals surface area contributed by atoms with E-state index in [2.05, 4.69) is 30.7 Å². The van der Waals surface area contributed by atoms with Gasteiger partial charge in [-0.05, 0) is 60.2 Å². The molecule has 1 aromatic heterocycles. The average molecular weight is 526 g/mol. The molecule has 0 saturated carbocycles. The smallest absolute Gasteiger partial charge is 0.406 e. The van der Waals surface area contributed by atoms with E-state index in [0.29, 0.717) is 16.6 Å². The minimum absolute atomic E-state index is 0.307. The molecule has 0 unspecified atom stereocenters. The van der Waals surface area contributed by atoms with E-state index in [4.69, 9.17) is 12.2 Å². The van der Waals surface area contributed by atoms with Gasteiger partial charge in [0.05, 0.1) is 11.9 Å². The minimum atomic E-state index is -4.74. The molecule has 12 heteroatoms. The van der Waals surface area contributed by atoms with Crippen molar-refractivity contribution in [2.24, 2.45) is 5.10 Å². The van der Waals surface area contributed by atoms with Crippen molar-refractivity contribution < 1.29 is 17.9 Å². The Morgan fingerprint density at radius 2 is 1.78 bits per heavy atom. The molecule has 4 rings (SSSR count). The summed E-state index contributed by atoms with van der Waals surface area (Å²) in [7, 11) is 3.93. The molecule has 0 aliphatic carbocycles. The van der Waals surface area contributed by atoms with Crippen LogP contribution >= 0.6 is 12.2 Å². The molecule has 1 heterocycles. The second-order valence-corrected chi connectivity index (χ2v) is 8.35. The third kappa shape index (κ3) is 7.27. The largest absolute Gasteiger partial charge is 0.573 e. The number of ether oxygens (including phenoxy) is 1. The fourth-order valence-corrected chi connectivity index (χ4v) is 3.40. The van der Waals surface area contributed by atoms with Crippen molar-refractivity contribution in [2.45, 2.75) is 6.36 Å². The second kappa shape index (κ2) is 11.1. The number of hydrazone groups is 1. The highest BCUT2D eigenvalue weighted by atomic mass is 32.1. The standard InChI is InChI=1S/C25H22F3N7OS/c1-34(2)21-5-3-4-19(14-21)31-24(37)32-30-15-17-6-8-18(9-7-17)23-29-16-35(33-23)20-10-12-22(13-11-20)36-25(26,27)28/h3-16H,1-2H3,(H2,31,32,37)/b30-15+. The summed E-state index contributed by atoms with van der Waals surface area (Å²) >= 11 is 5.29. The molecule has 0 bridgehead atoms. The summed E-state index contributed by atoms with van der Waals surface area (Å²) in [4.78, 5) is 6.28. The summed E-state index contributed by atoms with van der Waals surface area (Å²) < 4.78 is 42.3. The first-order valence-electron chi connectivity index (χ1n) is 10.9. The zero-order valence-corrected chi connectivity index (χ0v) is 20.6. The van der Waals surface area contributed by atoms with E-state index in [1.807, 2.05) is 67.5 Å². The number of thiocarbonyl (C=S) groups is 1. The summed E-state index contributed by atoms with van der Waals surface area (Å²) in [6.45, 7) is 0. The van der Waals surface area contributed by atoms with Crippen molar-refractivity contribution in [2.75, 3.05) is 24.3 Å². The number of anilines is 2. The highest BCUT2D eigenvalue weighted by molar-refractivity contribution is 7.80. The number of hydrogen-bond donors (Lipinski definition) is 2. The van der Waals surface area contributed by atoms with Crippen LogP contribution in [0.1, 0.15) is 5.56 Å². The number of rotatable bonds is 7. The fourth-order valence-electron chi connectivity index (χ4n) is 3.22. The number of benzene rings is 3. The number of hydrogen-bond acceptors (Lipinski definition) is 6. The number of halogens is 3. The van der Waals surface area contributed by atoms with Gasteiger partial charge in [-0.2, -0.15) is 5.10 Å². The monoisotopic (exact) mass is 525 g/mol. The van der Waals surface area contributed by atoms with Gasteiger partial charge in [-0.3, -0.25) is 5.43 Å². The van der Waals surface area contributed by atoms with Crippen LogP contribution in [0.25, 0.3) is 17.1 Å². The van der Waals surface area contributed by atoms with E-state index < -0.39 is 6.36 Å². The first-order valence-corrected chi connectivity index (χ1v) is 11.3. The topological polar surface area (TPSA) is 79.6 Å². The summed E-state index contributed by atoms with van der Waals surface area (Å²) in [6.07, 6.45) is -1.63. The van der Waals surface area contributed by atoms with Gasteiger partial charge in [0, 0.05) is 31.0 Å². The first-order chi connectivity index (χ1) is 17.7. The maximum atomic E-state index is 12.3. The Labute approximate surface area is 216 Å². The average Bonchev–Trinajstić information content (AvgIpc) is 3.34. The van der Waals surface area contributed by atoms with Crippen LogP contribution in [0, 0.1) is 0 Å². The maximum absolute atomic E-state index is 12.3. The van der Waals surface area contributed by atoms with Gasteiger partial charge in [-0.15, -0.1) is 18.3 Å². The Kier molecular flexibility index (Phi) is 7.68. The van der Waals surface area contributed by atoms with Gasteiger partial charge < -0.3 is 15.0 Å². The molecule has 2 N–H and O–H groups in total. The quantitative estimate of drug-likeness (QED) is 0.195. The lowest BCUT2D eigenvalue weighted by atomic mass is 10.1. The van der Waals surface area contributed by atoms with Crippen LogP contribution < -0.4 is 20.4 Å². The molecular weight excluding hydrogens is 503 g/mol. The van der Waals surface area contributed by atoms with Crippen LogP contribution in [0.5, 0.6) is 5.75 Å². The van der Waals surface area contributed by atoms with E-state index in [9.17, 15) is 13.2 Å². The molecule has 0 radical (unpaired) electrons. The van der Waals surface area contributed by atoms with Gasteiger partial charge >= 0.3 is 6.36 Å². The van der Waals surface area contributed by atoms with Crippen molar-refractivity contribution >= 4 is 34.9 Å². The normalized spacial score (nSPS) is 11.4. The van der Waals surface area contributed by atoms with E-state index in [1.54, 1.807) is 6.21 Å². The van der Waals surface area contributed by atoms with Gasteiger partial charge in [0.25, 0.3) is 0 Å². The fraction of sp³-hybridized carbons (Fsp3) is 0.120. The second-order valence-electron chi connectivity index (χ2n) is 7.95. The molecule has 8 nitrogen and oxygen atoms in total. The van der Waals surface area contributed by atoms with E-state index in [0.717, 1.165) is 22.5 Å². The molecule has 0 amide bonds. The molecular formula is C25H22F3N7OS. The highest BCUT2D eigenvalue weighted by Gasteiger charge is 2.31. The van der Waals surface area contributed by atoms with Crippen molar-refractivity contribution in [3.05, 3.63) is 84.7 Å². The predicted octanol–water partition coefficient (Wildman–Crippen LogP) is 5.22. The van der Waals surface area contributed by atoms with Crippen molar-refractivity contribution in [3.8, 4) is 22.8 Å². The van der Waals surface area contributed by atoms with E-state index in [1.165, 1.54) is 35.3 Å².